The molecule has 2 aromatic carbocycles. The second kappa shape index (κ2) is 23.5. The number of aliphatic hydroxyl groups excluding tert-OH is 1. The first-order chi connectivity index (χ1) is 23.1. The largest absolute Gasteiger partial charge is 0.392 e. The molecular weight excluding hydrogens is 592 g/mol. The second-order valence-corrected chi connectivity index (χ2v) is 12.9. The number of benzene rings is 2. The van der Waals surface area contributed by atoms with Crippen molar-refractivity contribution in [2.24, 2.45) is 0 Å². The lowest BCUT2D eigenvalue weighted by Gasteiger charge is -2.18. The van der Waals surface area contributed by atoms with E-state index in [1.54, 1.807) is 0 Å². The Labute approximate surface area is 290 Å². The van der Waals surface area contributed by atoms with Crippen LogP contribution in [0.15, 0.2) is 131 Å². The van der Waals surface area contributed by atoms with E-state index >= 15 is 0 Å². The molecule has 0 aromatic heterocycles. The van der Waals surface area contributed by atoms with Gasteiger partial charge in [-0.15, -0.1) is 0 Å². The molecule has 0 aliphatic heterocycles. The van der Waals surface area contributed by atoms with Crippen LogP contribution in [0.2, 0.25) is 0 Å². The Kier molecular flexibility index (Phi) is 19.7. The summed E-state index contributed by atoms with van der Waals surface area (Å²) in [6, 6.07) is 18.9. The smallest absolute Gasteiger partial charge is 0.195 e. The fourth-order valence-corrected chi connectivity index (χ4v) is 5.34. The summed E-state index contributed by atoms with van der Waals surface area (Å²) in [5, 5.41) is 9.03. The predicted octanol–water partition coefficient (Wildman–Crippen LogP) is 11.3. The maximum absolute atomic E-state index is 13.5. The zero-order valence-electron chi connectivity index (χ0n) is 30.3. The molecule has 1 N–H and O–H groups in total. The van der Waals surface area contributed by atoms with E-state index < -0.39 is 6.10 Å². The third-order valence-electron chi connectivity index (χ3n) is 8.48. The molecule has 48 heavy (non-hydrogen) atoms. The lowest BCUT2D eigenvalue weighted by Crippen LogP contribution is -2.26. The molecule has 2 rings (SSSR count). The number of hydrogen-bond acceptors (Lipinski definition) is 4. The Morgan fingerprint density at radius 3 is 1.54 bits per heavy atom. The number of carbonyl (C=O) groups excluding carboxylic acids is 2. The molecule has 0 aliphatic carbocycles. The zero-order valence-corrected chi connectivity index (χ0v) is 30.3. The second-order valence-electron chi connectivity index (χ2n) is 12.9. The van der Waals surface area contributed by atoms with Crippen LogP contribution in [0.3, 0.4) is 0 Å². The standard InChI is InChI=1S/C44H58O4/c1-34(19-15-23-38(5)33-42(46)40-25-9-7-10-26-40)18-14-21-37(4)30-32-48-44(43(47)41-27-11-8-12-28-41)39(6)24-16-22-35(2)17-13-20-36(3)29-31-45/h7-12,17-18,23-30,44-45H,13-16,19-22,31-33H2,1-6H3. The molecule has 0 spiro atoms. The quantitative estimate of drug-likeness (QED) is 0.102. The van der Waals surface area contributed by atoms with Gasteiger partial charge in [0.15, 0.2) is 11.6 Å². The van der Waals surface area contributed by atoms with Crippen LogP contribution in [-0.4, -0.2) is 36.0 Å². The van der Waals surface area contributed by atoms with Crippen molar-refractivity contribution in [1.29, 1.82) is 0 Å². The number of ether oxygens (including phenoxy) is 1. The van der Waals surface area contributed by atoms with Gasteiger partial charge in [-0.3, -0.25) is 9.59 Å². The number of carbonyl (C=O) groups is 2. The van der Waals surface area contributed by atoms with Gasteiger partial charge in [-0.05, 0) is 98.5 Å². The van der Waals surface area contributed by atoms with E-state index in [1.807, 2.05) is 87.5 Å². The monoisotopic (exact) mass is 650 g/mol. The summed E-state index contributed by atoms with van der Waals surface area (Å²) in [6.07, 6.45) is 20.2. The van der Waals surface area contributed by atoms with Gasteiger partial charge in [0.1, 0.15) is 6.10 Å². The number of allylic oxidation sites excluding steroid dienone is 9. The van der Waals surface area contributed by atoms with Gasteiger partial charge in [0.2, 0.25) is 0 Å². The molecule has 2 aromatic rings. The first-order valence-electron chi connectivity index (χ1n) is 17.5. The van der Waals surface area contributed by atoms with Crippen molar-refractivity contribution in [2.75, 3.05) is 13.2 Å². The summed E-state index contributed by atoms with van der Waals surface area (Å²) < 4.78 is 6.24. The summed E-state index contributed by atoms with van der Waals surface area (Å²) in [5.41, 5.74) is 8.61. The Bertz CT molecular complexity index is 1450. The first-order valence-corrected chi connectivity index (χ1v) is 17.5. The van der Waals surface area contributed by atoms with Gasteiger partial charge in [-0.25, -0.2) is 0 Å². The number of Topliss-reactive ketones (excluding diaryl/α,β-unsaturated/α-hetero) is 2. The molecule has 258 valence electrons. The first kappa shape index (κ1) is 40.3. The highest BCUT2D eigenvalue weighted by Gasteiger charge is 2.22. The number of ketones is 2. The van der Waals surface area contributed by atoms with Gasteiger partial charge in [-0.2, -0.15) is 0 Å². The minimum absolute atomic E-state index is 0.0129. The Hall–Kier alpha value is -3.86. The predicted molar refractivity (Wildman–Crippen MR) is 202 cm³/mol. The summed E-state index contributed by atoms with van der Waals surface area (Å²) in [6.45, 7) is 13.0. The van der Waals surface area contributed by atoms with Crippen LogP contribution >= 0.6 is 0 Å². The van der Waals surface area contributed by atoms with E-state index in [0.29, 0.717) is 18.6 Å². The van der Waals surface area contributed by atoms with E-state index in [0.717, 1.165) is 68.1 Å². The molecule has 1 atom stereocenters. The zero-order chi connectivity index (χ0) is 35.1. The summed E-state index contributed by atoms with van der Waals surface area (Å²) in [4.78, 5) is 25.9. The van der Waals surface area contributed by atoms with Crippen LogP contribution in [0.25, 0.3) is 0 Å². The van der Waals surface area contributed by atoms with Crippen molar-refractivity contribution in [3.63, 3.8) is 0 Å². The molecule has 0 fully saturated rings. The van der Waals surface area contributed by atoms with Crippen LogP contribution in [0.1, 0.15) is 120 Å². The number of rotatable bonds is 22. The molecular formula is C44H58O4. The fourth-order valence-electron chi connectivity index (χ4n) is 5.34. The average Bonchev–Trinajstić information content (AvgIpc) is 3.07. The highest BCUT2D eigenvalue weighted by Crippen LogP contribution is 2.19. The van der Waals surface area contributed by atoms with E-state index in [1.165, 1.54) is 22.3 Å². The molecule has 1 unspecified atom stereocenters. The van der Waals surface area contributed by atoms with Gasteiger partial charge in [0, 0.05) is 17.5 Å². The van der Waals surface area contributed by atoms with Crippen molar-refractivity contribution in [2.45, 2.75) is 105 Å². The number of aliphatic hydroxyl groups is 1. The van der Waals surface area contributed by atoms with Crippen molar-refractivity contribution < 1.29 is 19.4 Å². The van der Waals surface area contributed by atoms with Gasteiger partial charge in [0.05, 0.1) is 13.2 Å². The van der Waals surface area contributed by atoms with E-state index in [-0.39, 0.29) is 18.2 Å². The van der Waals surface area contributed by atoms with Crippen molar-refractivity contribution >= 4 is 11.6 Å². The van der Waals surface area contributed by atoms with E-state index in [9.17, 15) is 9.59 Å². The Morgan fingerprint density at radius 2 is 1.02 bits per heavy atom. The fraction of sp³-hybridized carbons (Fsp3) is 0.409. The lowest BCUT2D eigenvalue weighted by molar-refractivity contribution is 0.0613. The summed E-state index contributed by atoms with van der Waals surface area (Å²) in [5.74, 6) is 0.152. The van der Waals surface area contributed by atoms with Crippen LogP contribution in [-0.2, 0) is 4.74 Å². The topological polar surface area (TPSA) is 63.6 Å². The molecule has 0 saturated heterocycles. The molecule has 0 heterocycles. The maximum atomic E-state index is 13.5. The van der Waals surface area contributed by atoms with Crippen LogP contribution < -0.4 is 0 Å². The molecule has 0 bridgehead atoms. The molecule has 0 radical (unpaired) electrons. The molecule has 0 aliphatic rings. The highest BCUT2D eigenvalue weighted by molar-refractivity contribution is 6.01. The molecule has 4 heteroatoms. The maximum Gasteiger partial charge on any atom is 0.195 e. The average molecular weight is 651 g/mol. The van der Waals surface area contributed by atoms with Gasteiger partial charge in [0.25, 0.3) is 0 Å². The third-order valence-corrected chi connectivity index (χ3v) is 8.48. The minimum Gasteiger partial charge on any atom is -0.392 e. The third kappa shape index (κ3) is 16.8. The summed E-state index contributed by atoms with van der Waals surface area (Å²) >= 11 is 0. The molecule has 4 nitrogen and oxygen atoms in total. The Morgan fingerprint density at radius 1 is 0.583 bits per heavy atom. The minimum atomic E-state index is -0.617. The summed E-state index contributed by atoms with van der Waals surface area (Å²) in [7, 11) is 0. The van der Waals surface area contributed by atoms with Crippen LogP contribution in [0.4, 0.5) is 0 Å². The van der Waals surface area contributed by atoms with Crippen LogP contribution in [0, 0.1) is 0 Å². The SMILES string of the molecule is CC(=CCO)CCC=C(C)CCC=C(C)C(OCC=C(C)CCC=C(C)CCC=C(C)CC(=O)c1ccccc1)C(=O)c1ccccc1. The van der Waals surface area contributed by atoms with E-state index in [4.69, 9.17) is 9.84 Å². The van der Waals surface area contributed by atoms with Gasteiger partial charge < -0.3 is 9.84 Å². The van der Waals surface area contributed by atoms with Crippen molar-refractivity contribution in [1.82, 2.24) is 0 Å². The highest BCUT2D eigenvalue weighted by atomic mass is 16.5. The van der Waals surface area contributed by atoms with E-state index in [2.05, 4.69) is 51.2 Å². The van der Waals surface area contributed by atoms with Crippen molar-refractivity contribution in [3.8, 4) is 0 Å². The molecule has 0 amide bonds. The van der Waals surface area contributed by atoms with Crippen LogP contribution in [0.5, 0.6) is 0 Å². The van der Waals surface area contributed by atoms with Gasteiger partial charge in [-0.1, -0.05) is 125 Å². The van der Waals surface area contributed by atoms with Crippen molar-refractivity contribution in [3.05, 3.63) is 142 Å². The lowest BCUT2D eigenvalue weighted by atomic mass is 9.99. The molecule has 0 saturated carbocycles. The Balaban J connectivity index is 1.87. The number of hydrogen-bond donors (Lipinski definition) is 1. The van der Waals surface area contributed by atoms with Gasteiger partial charge >= 0.3 is 0 Å². The normalized spacial score (nSPS) is 14.3.